The molecule has 0 N–H and O–H groups in total. The van der Waals surface area contributed by atoms with Crippen molar-refractivity contribution in [3.63, 3.8) is 0 Å². The number of hydrogen-bond acceptors (Lipinski definition) is 2. The van der Waals surface area contributed by atoms with Gasteiger partial charge in [-0.2, -0.15) is 0 Å². The van der Waals surface area contributed by atoms with Crippen molar-refractivity contribution in [2.45, 2.75) is 4.83 Å². The lowest BCUT2D eigenvalue weighted by Crippen LogP contribution is -2.07. The first-order valence-electron chi connectivity index (χ1n) is 5.12. The van der Waals surface area contributed by atoms with E-state index >= 15 is 0 Å². The van der Waals surface area contributed by atoms with Crippen LogP contribution in [0.1, 0.15) is 20.7 Å². The lowest BCUT2D eigenvalue weighted by atomic mass is 10.0. The number of carbonyl (C=O) groups excluding carboxylic acids is 1. The predicted octanol–water partition coefficient (Wildman–Crippen LogP) is 4.71. The summed E-state index contributed by atoms with van der Waals surface area (Å²) in [5.41, 5.74) is 1.32. The number of carbonyl (C=O) groups is 1. The van der Waals surface area contributed by atoms with E-state index in [0.29, 0.717) is 15.6 Å². The van der Waals surface area contributed by atoms with Gasteiger partial charge in [0, 0.05) is 28.0 Å². The minimum absolute atomic E-state index is 0.0920. The van der Waals surface area contributed by atoms with Crippen molar-refractivity contribution in [3.05, 3.63) is 63.9 Å². The first kappa shape index (κ1) is 13.5. The first-order chi connectivity index (χ1) is 8.58. The number of ketones is 1. The maximum Gasteiger partial charge on any atom is 0.180 e. The fraction of sp³-hybridized carbons (Fsp3) is 0.0769. The lowest BCUT2D eigenvalue weighted by Gasteiger charge is -2.09. The Morgan fingerprint density at radius 2 is 1.67 bits per heavy atom. The summed E-state index contributed by atoms with van der Waals surface area (Å²) in [5.74, 6) is -0.0920. The van der Waals surface area contributed by atoms with Crippen LogP contribution in [0.4, 0.5) is 0 Å². The normalized spacial score (nSPS) is 12.2. The van der Waals surface area contributed by atoms with E-state index in [2.05, 4.69) is 20.9 Å². The Labute approximate surface area is 123 Å². The number of alkyl halides is 1. The zero-order valence-electron chi connectivity index (χ0n) is 9.11. The summed E-state index contributed by atoms with van der Waals surface area (Å²) < 4.78 is 0. The molecule has 0 unspecified atom stereocenters. The van der Waals surface area contributed by atoms with Crippen LogP contribution in [-0.2, 0) is 0 Å². The van der Waals surface area contributed by atoms with Gasteiger partial charge in [0.15, 0.2) is 5.78 Å². The van der Waals surface area contributed by atoms with Crippen LogP contribution in [0.5, 0.6) is 0 Å². The van der Waals surface area contributed by atoms with E-state index in [9.17, 15) is 4.79 Å². The Morgan fingerprint density at radius 1 is 1.11 bits per heavy atom. The minimum atomic E-state index is -0.435. The highest BCUT2D eigenvalue weighted by Crippen LogP contribution is 2.29. The standard InChI is InChI=1S/C13H8BrCl2NO/c14-12(8-1-3-17-4-2-8)13(18)9-5-10(15)7-11(16)6-9/h1-7,12H/t12-/m0/s1. The maximum atomic E-state index is 12.3. The average molecular weight is 345 g/mol. The van der Waals surface area contributed by atoms with E-state index in [0.717, 1.165) is 5.56 Å². The van der Waals surface area contributed by atoms with Crippen LogP contribution in [-0.4, -0.2) is 10.8 Å². The molecule has 0 amide bonds. The molecule has 18 heavy (non-hydrogen) atoms. The third-order valence-electron chi connectivity index (χ3n) is 2.38. The summed E-state index contributed by atoms with van der Waals surface area (Å²) in [4.78, 5) is 15.7. The Bertz CT molecular complexity index is 554. The van der Waals surface area contributed by atoms with Gasteiger partial charge in [0.05, 0.1) is 0 Å². The Balaban J connectivity index is 2.31. The number of Topliss-reactive ketones (excluding diaryl/α,β-unsaturated/α-hetero) is 1. The van der Waals surface area contributed by atoms with Gasteiger partial charge in [-0.05, 0) is 35.9 Å². The summed E-state index contributed by atoms with van der Waals surface area (Å²) in [5, 5.41) is 0.889. The number of hydrogen-bond donors (Lipinski definition) is 0. The largest absolute Gasteiger partial charge is 0.293 e. The van der Waals surface area contributed by atoms with E-state index in [1.165, 1.54) is 0 Å². The van der Waals surface area contributed by atoms with Crippen molar-refractivity contribution in [2.75, 3.05) is 0 Å². The molecule has 92 valence electrons. The molecule has 0 fully saturated rings. The summed E-state index contributed by atoms with van der Waals surface area (Å²) in [6, 6.07) is 8.36. The van der Waals surface area contributed by atoms with Crippen LogP contribution < -0.4 is 0 Å². The third kappa shape index (κ3) is 3.10. The molecule has 0 spiro atoms. The first-order valence-corrected chi connectivity index (χ1v) is 6.79. The molecule has 1 aromatic carbocycles. The summed E-state index contributed by atoms with van der Waals surface area (Å²) in [6.45, 7) is 0. The quantitative estimate of drug-likeness (QED) is 0.596. The number of benzene rings is 1. The van der Waals surface area contributed by atoms with E-state index in [1.807, 2.05) is 0 Å². The zero-order valence-corrected chi connectivity index (χ0v) is 12.2. The van der Waals surface area contributed by atoms with Gasteiger partial charge in [-0.25, -0.2) is 0 Å². The van der Waals surface area contributed by atoms with Crippen LogP contribution in [0.2, 0.25) is 10.0 Å². The second kappa shape index (κ2) is 5.83. The molecular weight excluding hydrogens is 337 g/mol. The lowest BCUT2D eigenvalue weighted by molar-refractivity contribution is 0.0991. The fourth-order valence-electron chi connectivity index (χ4n) is 1.53. The smallest absolute Gasteiger partial charge is 0.180 e. The van der Waals surface area contributed by atoms with Gasteiger partial charge < -0.3 is 0 Å². The molecule has 2 rings (SSSR count). The van der Waals surface area contributed by atoms with E-state index < -0.39 is 4.83 Å². The highest BCUT2D eigenvalue weighted by Gasteiger charge is 2.19. The Kier molecular flexibility index (Phi) is 4.38. The summed E-state index contributed by atoms with van der Waals surface area (Å²) >= 11 is 15.1. The fourth-order valence-corrected chi connectivity index (χ4v) is 2.62. The van der Waals surface area contributed by atoms with Gasteiger partial charge in [0.25, 0.3) is 0 Å². The number of aromatic nitrogens is 1. The molecule has 1 atom stereocenters. The van der Waals surface area contributed by atoms with Crippen LogP contribution in [0.3, 0.4) is 0 Å². The van der Waals surface area contributed by atoms with E-state index in [4.69, 9.17) is 23.2 Å². The summed E-state index contributed by atoms with van der Waals surface area (Å²) in [6.07, 6.45) is 3.28. The van der Waals surface area contributed by atoms with Gasteiger partial charge in [-0.15, -0.1) is 0 Å². The van der Waals surface area contributed by atoms with Crippen molar-refractivity contribution >= 4 is 44.9 Å². The number of rotatable bonds is 3. The highest BCUT2D eigenvalue weighted by molar-refractivity contribution is 9.09. The van der Waals surface area contributed by atoms with Gasteiger partial charge in [-0.3, -0.25) is 9.78 Å². The predicted molar refractivity (Wildman–Crippen MR) is 76.7 cm³/mol. The van der Waals surface area contributed by atoms with Gasteiger partial charge in [0.1, 0.15) is 4.83 Å². The van der Waals surface area contributed by atoms with E-state index in [-0.39, 0.29) is 5.78 Å². The van der Waals surface area contributed by atoms with E-state index in [1.54, 1.807) is 42.7 Å². The van der Waals surface area contributed by atoms with Crippen molar-refractivity contribution in [1.82, 2.24) is 4.98 Å². The Morgan fingerprint density at radius 3 is 2.22 bits per heavy atom. The van der Waals surface area contributed by atoms with Gasteiger partial charge in [0.2, 0.25) is 0 Å². The van der Waals surface area contributed by atoms with Crippen molar-refractivity contribution < 1.29 is 4.79 Å². The molecule has 0 bridgehead atoms. The van der Waals surface area contributed by atoms with Gasteiger partial charge in [-0.1, -0.05) is 39.1 Å². The van der Waals surface area contributed by atoms with Crippen LogP contribution >= 0.6 is 39.1 Å². The highest BCUT2D eigenvalue weighted by atomic mass is 79.9. The zero-order chi connectivity index (χ0) is 13.1. The Hall–Kier alpha value is -0.900. The molecule has 2 aromatic rings. The van der Waals surface area contributed by atoms with Crippen molar-refractivity contribution in [1.29, 1.82) is 0 Å². The number of nitrogens with zero attached hydrogens (tertiary/aromatic N) is 1. The SMILES string of the molecule is O=C(c1cc(Cl)cc(Cl)c1)[C@@H](Br)c1ccncc1. The number of pyridine rings is 1. The molecule has 1 aromatic heterocycles. The second-order valence-electron chi connectivity index (χ2n) is 3.67. The number of halogens is 3. The molecule has 0 radical (unpaired) electrons. The molecule has 0 aliphatic rings. The van der Waals surface area contributed by atoms with Crippen molar-refractivity contribution in [2.24, 2.45) is 0 Å². The topological polar surface area (TPSA) is 30.0 Å². The molecule has 5 heteroatoms. The van der Waals surface area contributed by atoms with Crippen LogP contribution in [0.25, 0.3) is 0 Å². The van der Waals surface area contributed by atoms with Gasteiger partial charge >= 0.3 is 0 Å². The van der Waals surface area contributed by atoms with Crippen LogP contribution in [0, 0.1) is 0 Å². The second-order valence-corrected chi connectivity index (χ2v) is 5.45. The van der Waals surface area contributed by atoms with Crippen LogP contribution in [0.15, 0.2) is 42.7 Å². The maximum absolute atomic E-state index is 12.3. The minimum Gasteiger partial charge on any atom is -0.293 e. The summed E-state index contributed by atoms with van der Waals surface area (Å²) in [7, 11) is 0. The molecular formula is C13H8BrCl2NO. The average Bonchev–Trinajstić information content (AvgIpc) is 2.37. The third-order valence-corrected chi connectivity index (χ3v) is 3.76. The van der Waals surface area contributed by atoms with Crippen molar-refractivity contribution in [3.8, 4) is 0 Å². The molecule has 0 aliphatic heterocycles. The molecule has 2 nitrogen and oxygen atoms in total. The molecule has 1 heterocycles. The monoisotopic (exact) mass is 343 g/mol. The molecule has 0 saturated carbocycles. The molecule has 0 saturated heterocycles. The molecule has 0 aliphatic carbocycles.